The number of hydrogen-bond acceptors (Lipinski definition) is 6. The number of carbonyl (C=O) groups excluding carboxylic acids is 3. The summed E-state index contributed by atoms with van der Waals surface area (Å²) in [4.78, 5) is 35.1. The third-order valence-electron chi connectivity index (χ3n) is 3.64. The normalized spacial score (nSPS) is 10.5. The van der Waals surface area contributed by atoms with Crippen LogP contribution in [0.25, 0.3) is 0 Å². The van der Waals surface area contributed by atoms with Crippen LogP contribution in [0.15, 0.2) is 47.6 Å². The summed E-state index contributed by atoms with van der Waals surface area (Å²) in [6, 6.07) is 11.5. The molecule has 31 heavy (non-hydrogen) atoms. The number of nitrogens with zero attached hydrogens (tertiary/aromatic N) is 1. The summed E-state index contributed by atoms with van der Waals surface area (Å²) in [5, 5.41) is 9.34. The third-order valence-corrected chi connectivity index (χ3v) is 4.27. The Morgan fingerprint density at radius 2 is 1.84 bits per heavy atom. The van der Waals surface area contributed by atoms with Gasteiger partial charge in [0.15, 0.2) is 6.61 Å². The molecule has 0 saturated carbocycles. The Kier molecular flexibility index (Phi) is 9.76. The van der Waals surface area contributed by atoms with Gasteiger partial charge in [0.05, 0.1) is 28.6 Å². The maximum atomic E-state index is 12.0. The van der Waals surface area contributed by atoms with Gasteiger partial charge in [0.1, 0.15) is 5.75 Å². The number of anilines is 1. The van der Waals surface area contributed by atoms with E-state index < -0.39 is 17.7 Å². The number of halogens is 2. The second-order valence-corrected chi connectivity index (χ2v) is 6.77. The molecule has 2 aromatic carbocycles. The van der Waals surface area contributed by atoms with Gasteiger partial charge in [-0.2, -0.15) is 5.10 Å². The van der Waals surface area contributed by atoms with Crippen LogP contribution in [0, 0.1) is 0 Å². The number of nitrogens with one attached hydrogen (secondary N) is 3. The van der Waals surface area contributed by atoms with E-state index in [0.717, 1.165) is 0 Å². The first-order valence-corrected chi connectivity index (χ1v) is 9.73. The summed E-state index contributed by atoms with van der Waals surface area (Å²) in [6.07, 6.45) is 1.31. The molecule has 0 saturated heterocycles. The van der Waals surface area contributed by atoms with Gasteiger partial charge in [-0.05, 0) is 35.9 Å². The molecule has 3 N–H and O–H groups in total. The maximum Gasteiger partial charge on any atom is 0.329 e. The molecule has 2 rings (SSSR count). The fourth-order valence-electron chi connectivity index (χ4n) is 2.17. The van der Waals surface area contributed by atoms with E-state index in [2.05, 4.69) is 21.2 Å². The van der Waals surface area contributed by atoms with Crippen molar-refractivity contribution in [1.29, 1.82) is 0 Å². The minimum absolute atomic E-state index is 0.208. The first-order valence-electron chi connectivity index (χ1n) is 8.97. The molecule has 3 amide bonds. The molecule has 2 aromatic rings. The summed E-state index contributed by atoms with van der Waals surface area (Å²) in [5.74, 6) is -1.86. The van der Waals surface area contributed by atoms with Gasteiger partial charge in [-0.3, -0.25) is 14.4 Å². The molecule has 0 spiro atoms. The van der Waals surface area contributed by atoms with E-state index in [1.54, 1.807) is 36.4 Å². The molecule has 0 atom stereocenters. The molecule has 11 heteroatoms. The Bertz CT molecular complexity index is 968. The van der Waals surface area contributed by atoms with Crippen LogP contribution in [0.2, 0.25) is 10.0 Å². The van der Waals surface area contributed by atoms with Crippen molar-refractivity contribution >= 4 is 52.8 Å². The first kappa shape index (κ1) is 24.1. The van der Waals surface area contributed by atoms with Gasteiger partial charge in [-0.1, -0.05) is 35.3 Å². The minimum atomic E-state index is -0.914. The summed E-state index contributed by atoms with van der Waals surface area (Å²) < 4.78 is 10.2. The lowest BCUT2D eigenvalue weighted by molar-refractivity contribution is -0.139. The molecular formula is C20H20Cl2N4O5. The van der Waals surface area contributed by atoms with Gasteiger partial charge in [0, 0.05) is 13.7 Å². The minimum Gasteiger partial charge on any atom is -0.482 e. The molecule has 0 fully saturated rings. The van der Waals surface area contributed by atoms with Crippen molar-refractivity contribution in [3.8, 4) is 5.75 Å². The Balaban J connectivity index is 1.83. The zero-order chi connectivity index (χ0) is 22.6. The van der Waals surface area contributed by atoms with Gasteiger partial charge < -0.3 is 20.1 Å². The zero-order valence-electron chi connectivity index (χ0n) is 16.5. The van der Waals surface area contributed by atoms with Crippen LogP contribution in [-0.2, 0) is 19.1 Å². The number of rotatable bonds is 9. The highest BCUT2D eigenvalue weighted by molar-refractivity contribution is 6.35. The number of benzene rings is 2. The van der Waals surface area contributed by atoms with Crippen molar-refractivity contribution in [3.05, 3.63) is 58.1 Å². The van der Waals surface area contributed by atoms with Gasteiger partial charge in [0.2, 0.25) is 0 Å². The highest BCUT2D eigenvalue weighted by Gasteiger charge is 2.11. The van der Waals surface area contributed by atoms with Gasteiger partial charge in [-0.15, -0.1) is 0 Å². The first-order chi connectivity index (χ1) is 14.9. The number of hydrogen-bond donors (Lipinski definition) is 3. The predicted molar refractivity (Wildman–Crippen MR) is 118 cm³/mol. The Morgan fingerprint density at radius 1 is 1.06 bits per heavy atom. The number of carbonyl (C=O) groups is 3. The quantitative estimate of drug-likeness (QED) is 0.226. The molecule has 0 aromatic heterocycles. The average molecular weight is 467 g/mol. The van der Waals surface area contributed by atoms with E-state index in [0.29, 0.717) is 16.3 Å². The van der Waals surface area contributed by atoms with Crippen molar-refractivity contribution in [2.75, 3.05) is 32.2 Å². The van der Waals surface area contributed by atoms with E-state index in [-0.39, 0.29) is 30.5 Å². The summed E-state index contributed by atoms with van der Waals surface area (Å²) in [5.41, 5.74) is 3.12. The third kappa shape index (κ3) is 8.25. The van der Waals surface area contributed by atoms with Crippen molar-refractivity contribution in [2.24, 2.45) is 5.10 Å². The van der Waals surface area contributed by atoms with Crippen LogP contribution in [0.4, 0.5) is 5.69 Å². The number of amides is 3. The lowest BCUT2D eigenvalue weighted by Crippen LogP contribution is -2.39. The number of methoxy groups -OCH3 is 1. The largest absolute Gasteiger partial charge is 0.482 e. The van der Waals surface area contributed by atoms with E-state index >= 15 is 0 Å². The van der Waals surface area contributed by atoms with Crippen LogP contribution in [0.5, 0.6) is 5.75 Å². The van der Waals surface area contributed by atoms with E-state index in [1.165, 1.54) is 19.4 Å². The van der Waals surface area contributed by atoms with Gasteiger partial charge >= 0.3 is 11.8 Å². The Morgan fingerprint density at radius 3 is 2.55 bits per heavy atom. The van der Waals surface area contributed by atoms with E-state index in [9.17, 15) is 14.4 Å². The summed E-state index contributed by atoms with van der Waals surface area (Å²) in [6.45, 7) is 0.226. The SMILES string of the molecule is COCCNC(=O)C(=O)N/N=C\c1ccc(OCC(=O)Nc2ccccc2Cl)c(Cl)c1. The molecule has 164 valence electrons. The second-order valence-electron chi connectivity index (χ2n) is 5.95. The topological polar surface area (TPSA) is 118 Å². The molecule has 0 heterocycles. The lowest BCUT2D eigenvalue weighted by Gasteiger charge is -2.10. The zero-order valence-corrected chi connectivity index (χ0v) is 18.0. The van der Waals surface area contributed by atoms with Crippen LogP contribution in [0.1, 0.15) is 5.56 Å². The van der Waals surface area contributed by atoms with Crippen molar-refractivity contribution in [2.45, 2.75) is 0 Å². The highest BCUT2D eigenvalue weighted by atomic mass is 35.5. The Hall–Kier alpha value is -3.14. The molecule has 0 aliphatic heterocycles. The van der Waals surface area contributed by atoms with Crippen LogP contribution in [0.3, 0.4) is 0 Å². The highest BCUT2D eigenvalue weighted by Crippen LogP contribution is 2.25. The van der Waals surface area contributed by atoms with Crippen LogP contribution < -0.4 is 20.8 Å². The molecule has 0 aliphatic carbocycles. The molecule has 0 radical (unpaired) electrons. The van der Waals surface area contributed by atoms with E-state index in [4.69, 9.17) is 32.7 Å². The predicted octanol–water partition coefficient (Wildman–Crippen LogP) is 2.22. The van der Waals surface area contributed by atoms with Crippen LogP contribution >= 0.6 is 23.2 Å². The molecule has 9 nitrogen and oxygen atoms in total. The van der Waals surface area contributed by atoms with E-state index in [1.807, 2.05) is 0 Å². The molecular weight excluding hydrogens is 447 g/mol. The average Bonchev–Trinajstić information content (AvgIpc) is 2.74. The van der Waals surface area contributed by atoms with Gasteiger partial charge in [0.25, 0.3) is 5.91 Å². The molecule has 0 aliphatic rings. The maximum absolute atomic E-state index is 12.0. The molecule has 0 unspecified atom stereocenters. The Labute approximate surface area is 188 Å². The second kappa shape index (κ2) is 12.5. The van der Waals surface area contributed by atoms with Crippen molar-refractivity contribution in [1.82, 2.24) is 10.7 Å². The van der Waals surface area contributed by atoms with Crippen molar-refractivity contribution in [3.63, 3.8) is 0 Å². The number of hydrazone groups is 1. The fourth-order valence-corrected chi connectivity index (χ4v) is 2.60. The van der Waals surface area contributed by atoms with Crippen LogP contribution in [-0.4, -0.2) is 50.8 Å². The lowest BCUT2D eigenvalue weighted by atomic mass is 10.2. The standard InChI is InChI=1S/C20H20Cl2N4O5/c1-30-9-8-23-19(28)20(29)26-24-11-13-6-7-17(15(22)10-13)31-12-18(27)25-16-5-3-2-4-14(16)21/h2-7,10-11H,8-9,12H2,1H3,(H,23,28)(H,25,27)(H,26,29)/b24-11-. The smallest absolute Gasteiger partial charge is 0.329 e. The fraction of sp³-hybridized carbons (Fsp3) is 0.200. The van der Waals surface area contributed by atoms with Crippen molar-refractivity contribution < 1.29 is 23.9 Å². The summed E-state index contributed by atoms with van der Waals surface area (Å²) >= 11 is 12.2. The number of para-hydroxylation sites is 1. The number of ether oxygens (including phenoxy) is 2. The summed E-state index contributed by atoms with van der Waals surface area (Å²) in [7, 11) is 1.48. The monoisotopic (exact) mass is 466 g/mol. The molecule has 0 bridgehead atoms. The van der Waals surface area contributed by atoms with Gasteiger partial charge in [-0.25, -0.2) is 5.43 Å².